The van der Waals surface area contributed by atoms with E-state index in [-0.39, 0.29) is 5.91 Å². The minimum atomic E-state index is -0.234. The Morgan fingerprint density at radius 1 is 1.38 bits per heavy atom. The van der Waals surface area contributed by atoms with Crippen LogP contribution in [0.3, 0.4) is 0 Å². The fourth-order valence-corrected chi connectivity index (χ4v) is 3.08. The Balaban J connectivity index is 1.63. The third kappa shape index (κ3) is 4.11. The number of aromatic nitrogens is 2. The van der Waals surface area contributed by atoms with E-state index in [4.69, 9.17) is 9.47 Å². The number of anilines is 1. The van der Waals surface area contributed by atoms with Crippen molar-refractivity contribution >= 4 is 28.5 Å². The summed E-state index contributed by atoms with van der Waals surface area (Å²) in [5.41, 5.74) is 0.852. The van der Waals surface area contributed by atoms with E-state index in [9.17, 15) is 4.79 Å². The van der Waals surface area contributed by atoms with Gasteiger partial charge in [0.15, 0.2) is 11.5 Å². The minimum absolute atomic E-state index is 0.234. The first-order valence-corrected chi connectivity index (χ1v) is 8.64. The molecule has 1 aliphatic carbocycles. The molecule has 126 valence electrons. The number of amides is 1. The van der Waals surface area contributed by atoms with Crippen molar-refractivity contribution in [3.05, 3.63) is 34.8 Å². The molecule has 1 aromatic heterocycles. The number of carbonyl (C=O) groups excluding carboxylic acids is 1. The highest BCUT2D eigenvalue weighted by molar-refractivity contribution is 7.15. The van der Waals surface area contributed by atoms with Gasteiger partial charge in [0, 0.05) is 12.0 Å². The van der Waals surface area contributed by atoms with E-state index >= 15 is 0 Å². The first kappa shape index (κ1) is 16.4. The van der Waals surface area contributed by atoms with Gasteiger partial charge in [0.05, 0.1) is 13.7 Å². The fourth-order valence-electron chi connectivity index (χ4n) is 2.16. The molecule has 0 spiro atoms. The van der Waals surface area contributed by atoms with Gasteiger partial charge >= 0.3 is 0 Å². The highest BCUT2D eigenvalue weighted by Gasteiger charge is 2.27. The van der Waals surface area contributed by atoms with Gasteiger partial charge in [-0.25, -0.2) is 0 Å². The molecule has 24 heavy (non-hydrogen) atoms. The maximum atomic E-state index is 12.0. The monoisotopic (exact) mass is 345 g/mol. The van der Waals surface area contributed by atoms with Gasteiger partial charge in [-0.1, -0.05) is 17.4 Å². The number of nitrogens with one attached hydrogen (secondary N) is 1. The van der Waals surface area contributed by atoms with Crippen LogP contribution in [0.25, 0.3) is 6.08 Å². The number of hydrogen-bond acceptors (Lipinski definition) is 6. The predicted molar refractivity (Wildman–Crippen MR) is 93.7 cm³/mol. The maximum absolute atomic E-state index is 12.0. The van der Waals surface area contributed by atoms with Crippen LogP contribution in [-0.4, -0.2) is 29.8 Å². The van der Waals surface area contributed by atoms with Crippen molar-refractivity contribution in [1.82, 2.24) is 10.2 Å². The molecule has 0 atom stereocenters. The van der Waals surface area contributed by atoms with E-state index in [1.165, 1.54) is 30.3 Å². The molecule has 1 aromatic carbocycles. The second-order valence-electron chi connectivity index (χ2n) is 5.39. The Morgan fingerprint density at radius 3 is 2.92 bits per heavy atom. The van der Waals surface area contributed by atoms with Crippen molar-refractivity contribution in [2.75, 3.05) is 19.0 Å². The highest BCUT2D eigenvalue weighted by atomic mass is 32.1. The van der Waals surface area contributed by atoms with Gasteiger partial charge in [-0.05, 0) is 43.5 Å². The van der Waals surface area contributed by atoms with Crippen LogP contribution in [0.1, 0.15) is 36.3 Å². The third-order valence-corrected chi connectivity index (χ3v) is 4.51. The molecule has 2 aromatic rings. The largest absolute Gasteiger partial charge is 0.493 e. The quantitative estimate of drug-likeness (QED) is 0.778. The third-order valence-electron chi connectivity index (χ3n) is 3.51. The molecule has 0 saturated heterocycles. The van der Waals surface area contributed by atoms with Crippen LogP contribution in [0.2, 0.25) is 0 Å². The summed E-state index contributed by atoms with van der Waals surface area (Å²) in [6.45, 7) is 2.46. The van der Waals surface area contributed by atoms with E-state index in [1.54, 1.807) is 13.2 Å². The second kappa shape index (κ2) is 7.44. The minimum Gasteiger partial charge on any atom is -0.493 e. The van der Waals surface area contributed by atoms with Gasteiger partial charge in [0.2, 0.25) is 11.0 Å². The summed E-state index contributed by atoms with van der Waals surface area (Å²) < 4.78 is 10.8. The lowest BCUT2D eigenvalue weighted by atomic mass is 10.2. The number of carbonyl (C=O) groups is 1. The number of nitrogens with zero attached hydrogens (tertiary/aromatic N) is 2. The molecular weight excluding hydrogens is 326 g/mol. The van der Waals surface area contributed by atoms with Crippen LogP contribution in [0.4, 0.5) is 5.13 Å². The average Bonchev–Trinajstić information content (AvgIpc) is 3.33. The van der Waals surface area contributed by atoms with Gasteiger partial charge in [0.1, 0.15) is 5.01 Å². The molecule has 0 unspecified atom stereocenters. The van der Waals surface area contributed by atoms with Crippen LogP contribution >= 0.6 is 11.3 Å². The normalized spacial score (nSPS) is 13.9. The average molecular weight is 345 g/mol. The van der Waals surface area contributed by atoms with Gasteiger partial charge in [0.25, 0.3) is 0 Å². The SMILES string of the molecule is CCOc1cc(/C=C/C(=O)Nc2nnc(C3CC3)s2)ccc1OC. The van der Waals surface area contributed by atoms with Crippen molar-refractivity contribution < 1.29 is 14.3 Å². The number of benzene rings is 1. The van der Waals surface area contributed by atoms with Crippen molar-refractivity contribution in [3.8, 4) is 11.5 Å². The standard InChI is InChI=1S/C17H19N3O3S/c1-3-23-14-10-11(4-8-13(14)22-2)5-9-15(21)18-17-20-19-16(24-17)12-6-7-12/h4-5,8-10,12H,3,6-7H2,1-2H3,(H,18,20,21)/b9-5+. The number of ether oxygens (including phenoxy) is 2. The molecule has 3 rings (SSSR count). The molecule has 7 heteroatoms. The lowest BCUT2D eigenvalue weighted by molar-refractivity contribution is -0.111. The van der Waals surface area contributed by atoms with Crippen molar-refractivity contribution in [2.45, 2.75) is 25.7 Å². The first-order valence-electron chi connectivity index (χ1n) is 7.83. The van der Waals surface area contributed by atoms with Crippen LogP contribution in [0, 0.1) is 0 Å². The summed E-state index contributed by atoms with van der Waals surface area (Å²) in [4.78, 5) is 12.0. The molecule has 1 aliphatic rings. The highest BCUT2D eigenvalue weighted by Crippen LogP contribution is 2.42. The Hall–Kier alpha value is -2.41. The summed E-state index contributed by atoms with van der Waals surface area (Å²) in [7, 11) is 1.60. The number of hydrogen-bond donors (Lipinski definition) is 1. The zero-order valence-electron chi connectivity index (χ0n) is 13.6. The number of methoxy groups -OCH3 is 1. The van der Waals surface area contributed by atoms with E-state index < -0.39 is 0 Å². The van der Waals surface area contributed by atoms with E-state index in [1.807, 2.05) is 25.1 Å². The lowest BCUT2D eigenvalue weighted by Gasteiger charge is -2.09. The summed E-state index contributed by atoms with van der Waals surface area (Å²) in [6, 6.07) is 5.51. The Kier molecular flexibility index (Phi) is 5.10. The molecule has 1 fully saturated rings. The summed E-state index contributed by atoms with van der Waals surface area (Å²) in [5, 5.41) is 12.4. The Morgan fingerprint density at radius 2 is 2.21 bits per heavy atom. The van der Waals surface area contributed by atoms with Crippen molar-refractivity contribution in [1.29, 1.82) is 0 Å². The van der Waals surface area contributed by atoms with Gasteiger partial charge in [-0.3, -0.25) is 10.1 Å². The van der Waals surface area contributed by atoms with Crippen LogP contribution in [0.5, 0.6) is 11.5 Å². The second-order valence-corrected chi connectivity index (χ2v) is 6.39. The molecule has 0 bridgehead atoms. The summed E-state index contributed by atoms with van der Waals surface area (Å²) >= 11 is 1.44. The predicted octanol–water partition coefficient (Wildman–Crippen LogP) is 3.47. The molecule has 6 nitrogen and oxygen atoms in total. The molecule has 1 N–H and O–H groups in total. The maximum Gasteiger partial charge on any atom is 0.250 e. The summed E-state index contributed by atoms with van der Waals surface area (Å²) in [6.07, 6.45) is 5.53. The molecule has 1 saturated carbocycles. The Labute approximate surface area is 144 Å². The lowest BCUT2D eigenvalue weighted by Crippen LogP contribution is -2.07. The van der Waals surface area contributed by atoms with Gasteiger partial charge in [-0.15, -0.1) is 10.2 Å². The van der Waals surface area contributed by atoms with Gasteiger partial charge in [-0.2, -0.15) is 0 Å². The van der Waals surface area contributed by atoms with Crippen molar-refractivity contribution in [2.24, 2.45) is 0 Å². The zero-order chi connectivity index (χ0) is 16.9. The first-order chi connectivity index (χ1) is 11.7. The smallest absolute Gasteiger partial charge is 0.250 e. The summed E-state index contributed by atoms with van der Waals surface area (Å²) in [5.74, 6) is 1.63. The van der Waals surface area contributed by atoms with E-state index in [2.05, 4.69) is 15.5 Å². The van der Waals surface area contributed by atoms with Gasteiger partial charge < -0.3 is 9.47 Å². The molecular formula is C17H19N3O3S. The van der Waals surface area contributed by atoms with E-state index in [0.717, 1.165) is 10.6 Å². The van der Waals surface area contributed by atoms with E-state index in [0.29, 0.717) is 29.2 Å². The van der Waals surface area contributed by atoms with Crippen LogP contribution < -0.4 is 14.8 Å². The molecule has 1 heterocycles. The number of rotatable bonds is 7. The van der Waals surface area contributed by atoms with Crippen molar-refractivity contribution in [3.63, 3.8) is 0 Å². The van der Waals surface area contributed by atoms with Crippen LogP contribution in [-0.2, 0) is 4.79 Å². The molecule has 0 radical (unpaired) electrons. The zero-order valence-corrected chi connectivity index (χ0v) is 14.4. The fraction of sp³-hybridized carbons (Fsp3) is 0.353. The molecule has 1 amide bonds. The molecule has 0 aliphatic heterocycles. The Bertz CT molecular complexity index is 753. The topological polar surface area (TPSA) is 73.3 Å². The van der Waals surface area contributed by atoms with Crippen LogP contribution in [0.15, 0.2) is 24.3 Å².